The summed E-state index contributed by atoms with van der Waals surface area (Å²) in [6.45, 7) is 14.6. The molecule has 0 aliphatic heterocycles. The van der Waals surface area contributed by atoms with E-state index in [9.17, 15) is 24.3 Å². The largest absolute Gasteiger partial charge is 0.466 e. The highest BCUT2D eigenvalue weighted by molar-refractivity contribution is 5.71. The van der Waals surface area contributed by atoms with Crippen LogP contribution < -0.4 is 16.0 Å². The van der Waals surface area contributed by atoms with Crippen LogP contribution in [-0.2, 0) is 38.1 Å². The molecule has 370 valence electrons. The number of carbonyl (C=O) groups is 4. The number of esters is 4. The average molecular weight is 909 g/mol. The standard InChI is InChI=1S/C47H88N8O9/c1-5-9-13-17-37-61-41(57)23-32-54(33-24-42(58)62-38-18-14-10-6-2)30-21-27-48-45-51-46(53-47(52-45)50-29-36-56)49-28-22-31-55(34-25-43(59)63-39-19-15-11-7-3)35-26-44(60)64-40-20-16-12-8-4/h56H,5-40H2,1-4H3,(H3,48,49,50,51,52,53). The number of aromatic nitrogens is 3. The summed E-state index contributed by atoms with van der Waals surface area (Å²) in [5.41, 5.74) is 0. The Hall–Kier alpha value is -3.83. The molecule has 0 bridgehead atoms. The summed E-state index contributed by atoms with van der Waals surface area (Å²) in [5.74, 6) is 0.0678. The Morgan fingerprint density at radius 3 is 0.953 bits per heavy atom. The number of aliphatic hydroxyl groups is 1. The summed E-state index contributed by atoms with van der Waals surface area (Å²) in [7, 11) is 0. The summed E-state index contributed by atoms with van der Waals surface area (Å²) < 4.78 is 21.8. The van der Waals surface area contributed by atoms with Gasteiger partial charge in [0.25, 0.3) is 0 Å². The van der Waals surface area contributed by atoms with E-state index in [1.54, 1.807) is 0 Å². The number of ether oxygens (including phenoxy) is 4. The highest BCUT2D eigenvalue weighted by atomic mass is 16.5. The molecule has 0 aliphatic rings. The molecule has 0 atom stereocenters. The molecule has 0 aromatic carbocycles. The number of anilines is 3. The smallest absolute Gasteiger partial charge is 0.307 e. The van der Waals surface area contributed by atoms with Crippen molar-refractivity contribution in [1.29, 1.82) is 0 Å². The zero-order chi connectivity index (χ0) is 46.7. The van der Waals surface area contributed by atoms with Crippen LogP contribution in [0.3, 0.4) is 0 Å². The minimum Gasteiger partial charge on any atom is -0.466 e. The fourth-order valence-electron chi connectivity index (χ4n) is 6.60. The van der Waals surface area contributed by atoms with E-state index in [4.69, 9.17) is 18.9 Å². The van der Waals surface area contributed by atoms with E-state index < -0.39 is 0 Å². The highest BCUT2D eigenvalue weighted by Crippen LogP contribution is 2.11. The van der Waals surface area contributed by atoms with Crippen molar-refractivity contribution in [1.82, 2.24) is 24.8 Å². The summed E-state index contributed by atoms with van der Waals surface area (Å²) in [4.78, 5) is 67.8. The molecule has 0 saturated heterocycles. The predicted molar refractivity (Wildman–Crippen MR) is 253 cm³/mol. The molecule has 0 saturated carbocycles. The van der Waals surface area contributed by atoms with Gasteiger partial charge < -0.3 is 49.8 Å². The van der Waals surface area contributed by atoms with E-state index in [1.807, 2.05) is 0 Å². The van der Waals surface area contributed by atoms with Crippen molar-refractivity contribution < 1.29 is 43.2 Å². The van der Waals surface area contributed by atoms with Gasteiger partial charge in [-0.05, 0) is 51.6 Å². The molecular weight excluding hydrogens is 821 g/mol. The quantitative estimate of drug-likeness (QED) is 0.0283. The maximum atomic E-state index is 12.5. The van der Waals surface area contributed by atoms with Crippen molar-refractivity contribution in [2.45, 2.75) is 169 Å². The van der Waals surface area contributed by atoms with Crippen LogP contribution in [0.2, 0.25) is 0 Å². The Balaban J connectivity index is 2.81. The van der Waals surface area contributed by atoms with Gasteiger partial charge in [-0.1, -0.05) is 105 Å². The number of unbranched alkanes of at least 4 members (excludes halogenated alkanes) is 12. The molecule has 17 nitrogen and oxygen atoms in total. The Bertz CT molecular complexity index is 1180. The van der Waals surface area contributed by atoms with Crippen molar-refractivity contribution in [2.75, 3.05) is 108 Å². The fraction of sp³-hybridized carbons (Fsp3) is 0.851. The van der Waals surface area contributed by atoms with Crippen LogP contribution in [-0.4, -0.2) is 146 Å². The molecule has 1 rings (SSSR count). The predicted octanol–water partition coefficient (Wildman–Crippen LogP) is 7.54. The van der Waals surface area contributed by atoms with Crippen LogP contribution in [0, 0.1) is 0 Å². The molecule has 1 heterocycles. The Morgan fingerprint density at radius 2 is 0.688 bits per heavy atom. The van der Waals surface area contributed by atoms with E-state index in [1.165, 1.54) is 0 Å². The SMILES string of the molecule is CCCCCCOC(=O)CCN(CCCNc1nc(NCCO)nc(NCCCN(CCC(=O)OCCCCCC)CCC(=O)OCCCCCC)n1)CCC(=O)OCCCCCC. The number of nitrogens with one attached hydrogen (secondary N) is 3. The lowest BCUT2D eigenvalue weighted by Crippen LogP contribution is -2.32. The summed E-state index contributed by atoms with van der Waals surface area (Å²) in [5, 5.41) is 19.0. The zero-order valence-corrected chi connectivity index (χ0v) is 40.4. The Kier molecular flexibility index (Phi) is 38.0. The average Bonchev–Trinajstić information content (AvgIpc) is 3.29. The number of rotatable bonds is 45. The number of hydrogen-bond donors (Lipinski definition) is 4. The van der Waals surface area contributed by atoms with E-state index in [0.29, 0.717) is 109 Å². The van der Waals surface area contributed by atoms with Crippen LogP contribution in [0.4, 0.5) is 17.8 Å². The zero-order valence-electron chi connectivity index (χ0n) is 40.4. The number of hydrogen-bond acceptors (Lipinski definition) is 17. The van der Waals surface area contributed by atoms with E-state index in [-0.39, 0.29) is 62.7 Å². The Labute approximate surface area is 385 Å². The fourth-order valence-corrected chi connectivity index (χ4v) is 6.60. The highest BCUT2D eigenvalue weighted by Gasteiger charge is 2.15. The van der Waals surface area contributed by atoms with E-state index in [0.717, 1.165) is 103 Å². The van der Waals surface area contributed by atoms with Crippen molar-refractivity contribution in [3.63, 3.8) is 0 Å². The van der Waals surface area contributed by atoms with E-state index in [2.05, 4.69) is 68.4 Å². The van der Waals surface area contributed by atoms with Gasteiger partial charge in [-0.15, -0.1) is 0 Å². The van der Waals surface area contributed by atoms with Gasteiger partial charge in [0, 0.05) is 45.8 Å². The van der Waals surface area contributed by atoms with Gasteiger partial charge in [0.05, 0.1) is 58.7 Å². The van der Waals surface area contributed by atoms with Gasteiger partial charge in [-0.3, -0.25) is 19.2 Å². The second-order valence-corrected chi connectivity index (χ2v) is 16.3. The van der Waals surface area contributed by atoms with Crippen LogP contribution in [0.1, 0.15) is 169 Å². The van der Waals surface area contributed by atoms with Gasteiger partial charge in [0.1, 0.15) is 0 Å². The van der Waals surface area contributed by atoms with Gasteiger partial charge >= 0.3 is 23.9 Å². The molecule has 1 aromatic rings. The molecule has 0 fully saturated rings. The second-order valence-electron chi connectivity index (χ2n) is 16.3. The van der Waals surface area contributed by atoms with Crippen molar-refractivity contribution in [3.8, 4) is 0 Å². The first-order chi connectivity index (χ1) is 31.2. The molecule has 4 N–H and O–H groups in total. The first-order valence-electron chi connectivity index (χ1n) is 24.9. The molecule has 0 amide bonds. The van der Waals surface area contributed by atoms with Crippen LogP contribution >= 0.6 is 0 Å². The van der Waals surface area contributed by atoms with Gasteiger partial charge in [-0.25, -0.2) is 0 Å². The third kappa shape index (κ3) is 34.6. The number of aliphatic hydroxyl groups excluding tert-OH is 1. The Morgan fingerprint density at radius 1 is 0.406 bits per heavy atom. The molecular formula is C47H88N8O9. The monoisotopic (exact) mass is 909 g/mol. The molecule has 0 unspecified atom stereocenters. The normalized spacial score (nSPS) is 11.2. The van der Waals surface area contributed by atoms with Gasteiger partial charge in [0.2, 0.25) is 17.8 Å². The van der Waals surface area contributed by atoms with Crippen LogP contribution in [0.15, 0.2) is 0 Å². The number of carbonyl (C=O) groups excluding carboxylic acids is 4. The second kappa shape index (κ2) is 41.8. The van der Waals surface area contributed by atoms with Crippen LogP contribution in [0.5, 0.6) is 0 Å². The van der Waals surface area contributed by atoms with Crippen molar-refractivity contribution >= 4 is 41.7 Å². The summed E-state index contributed by atoms with van der Waals surface area (Å²) >= 11 is 0. The molecule has 1 aromatic heterocycles. The molecule has 0 spiro atoms. The lowest BCUT2D eigenvalue weighted by atomic mass is 10.2. The minimum atomic E-state index is -0.236. The first kappa shape index (κ1) is 58.2. The maximum absolute atomic E-state index is 12.5. The molecule has 0 aliphatic carbocycles. The van der Waals surface area contributed by atoms with Crippen molar-refractivity contribution in [2.24, 2.45) is 0 Å². The van der Waals surface area contributed by atoms with Crippen molar-refractivity contribution in [3.05, 3.63) is 0 Å². The topological polar surface area (TPSA) is 207 Å². The molecule has 17 heteroatoms. The van der Waals surface area contributed by atoms with Crippen LogP contribution in [0.25, 0.3) is 0 Å². The molecule has 0 radical (unpaired) electrons. The van der Waals surface area contributed by atoms with Gasteiger partial charge in [0.15, 0.2) is 0 Å². The number of nitrogens with zero attached hydrogens (tertiary/aromatic N) is 5. The lowest BCUT2D eigenvalue weighted by Gasteiger charge is -2.22. The lowest BCUT2D eigenvalue weighted by molar-refractivity contribution is -0.146. The minimum absolute atomic E-state index is 0.0967. The third-order valence-electron chi connectivity index (χ3n) is 10.5. The summed E-state index contributed by atoms with van der Waals surface area (Å²) in [6, 6.07) is 0. The van der Waals surface area contributed by atoms with E-state index >= 15 is 0 Å². The maximum Gasteiger partial charge on any atom is 0.307 e. The third-order valence-corrected chi connectivity index (χ3v) is 10.5. The summed E-state index contributed by atoms with van der Waals surface area (Å²) in [6.07, 6.45) is 18.9. The van der Waals surface area contributed by atoms with Gasteiger partial charge in [-0.2, -0.15) is 15.0 Å². The molecule has 64 heavy (non-hydrogen) atoms. The first-order valence-corrected chi connectivity index (χ1v) is 24.9.